The Morgan fingerprint density at radius 2 is 1.90 bits per heavy atom. The zero-order valence-corrected chi connectivity index (χ0v) is 17.2. The van der Waals surface area contributed by atoms with Crippen molar-refractivity contribution in [3.63, 3.8) is 0 Å². The number of benzene rings is 2. The van der Waals surface area contributed by atoms with Crippen molar-refractivity contribution in [2.75, 3.05) is 16.8 Å². The first kappa shape index (κ1) is 21.8. The van der Waals surface area contributed by atoms with Gasteiger partial charge in [-0.3, -0.25) is 9.59 Å². The van der Waals surface area contributed by atoms with E-state index in [4.69, 9.17) is 0 Å². The standard InChI is InChI=1S/C20H21F2N3O4S/c1-12-9-14-10-16(4-6-19(14)25(12)13(2)26)30(28,29)23-8-7-20(27)24-18-5-3-15(21)11-17(18)22/h3-6,10-12,23H,7-9H2,1-2H3,(H,24,27)/t12-/m1/s1. The SMILES string of the molecule is CC(=O)N1c2ccc(S(=O)(=O)NCCC(=O)Nc3ccc(F)cc3F)cc2C[C@H]1C. The van der Waals surface area contributed by atoms with Gasteiger partial charge in [0, 0.05) is 37.7 Å². The van der Waals surface area contributed by atoms with Crippen LogP contribution in [-0.4, -0.2) is 32.8 Å². The number of fused-ring (bicyclic) bond motifs is 1. The molecule has 0 radical (unpaired) electrons. The first-order chi connectivity index (χ1) is 14.1. The second-order valence-corrected chi connectivity index (χ2v) is 8.82. The zero-order valence-electron chi connectivity index (χ0n) is 16.4. The molecule has 160 valence electrons. The summed E-state index contributed by atoms with van der Waals surface area (Å²) in [4.78, 5) is 25.4. The van der Waals surface area contributed by atoms with Gasteiger partial charge in [0.1, 0.15) is 11.6 Å². The van der Waals surface area contributed by atoms with Crippen LogP contribution in [0.15, 0.2) is 41.3 Å². The third-order valence-corrected chi connectivity index (χ3v) is 6.22. The highest BCUT2D eigenvalue weighted by molar-refractivity contribution is 7.89. The van der Waals surface area contributed by atoms with Gasteiger partial charge in [-0.05, 0) is 49.2 Å². The Balaban J connectivity index is 1.61. The van der Waals surface area contributed by atoms with Crippen molar-refractivity contribution in [2.24, 2.45) is 0 Å². The molecule has 0 saturated heterocycles. The Morgan fingerprint density at radius 3 is 2.57 bits per heavy atom. The van der Waals surface area contributed by atoms with E-state index in [9.17, 15) is 26.8 Å². The van der Waals surface area contributed by atoms with E-state index in [-0.39, 0.29) is 35.5 Å². The lowest BCUT2D eigenvalue weighted by Gasteiger charge is -2.20. The average molecular weight is 437 g/mol. The molecule has 7 nitrogen and oxygen atoms in total. The van der Waals surface area contributed by atoms with Crippen LogP contribution in [-0.2, 0) is 26.0 Å². The molecule has 0 bridgehead atoms. The number of carbonyl (C=O) groups is 2. The Kier molecular flexibility index (Phi) is 6.18. The fourth-order valence-electron chi connectivity index (χ4n) is 3.44. The predicted octanol–water partition coefficient (Wildman–Crippen LogP) is 2.57. The van der Waals surface area contributed by atoms with Crippen LogP contribution in [0.1, 0.15) is 25.8 Å². The molecule has 0 aromatic heterocycles. The van der Waals surface area contributed by atoms with E-state index in [1.165, 1.54) is 19.1 Å². The molecule has 1 heterocycles. The lowest BCUT2D eigenvalue weighted by atomic mass is 10.1. The van der Waals surface area contributed by atoms with E-state index < -0.39 is 27.6 Å². The number of hydrogen-bond donors (Lipinski definition) is 2. The number of carbonyl (C=O) groups excluding carboxylic acids is 2. The van der Waals surface area contributed by atoms with Crippen LogP contribution >= 0.6 is 0 Å². The van der Waals surface area contributed by atoms with E-state index in [1.54, 1.807) is 11.0 Å². The van der Waals surface area contributed by atoms with Gasteiger partial charge in [-0.25, -0.2) is 21.9 Å². The molecule has 1 atom stereocenters. The maximum Gasteiger partial charge on any atom is 0.240 e. The van der Waals surface area contributed by atoms with Crippen LogP contribution in [0, 0.1) is 11.6 Å². The van der Waals surface area contributed by atoms with Crippen LogP contribution in [0.4, 0.5) is 20.2 Å². The van der Waals surface area contributed by atoms with Crippen molar-refractivity contribution >= 4 is 33.2 Å². The molecule has 2 aromatic carbocycles. The largest absolute Gasteiger partial charge is 0.324 e. The Labute approximate surface area is 173 Å². The van der Waals surface area contributed by atoms with Gasteiger partial charge in [0.15, 0.2) is 0 Å². The third kappa shape index (κ3) is 4.65. The summed E-state index contributed by atoms with van der Waals surface area (Å²) in [7, 11) is -3.88. The summed E-state index contributed by atoms with van der Waals surface area (Å²) >= 11 is 0. The van der Waals surface area contributed by atoms with Crippen molar-refractivity contribution < 1.29 is 26.8 Å². The smallest absolute Gasteiger partial charge is 0.240 e. The lowest BCUT2D eigenvalue weighted by Crippen LogP contribution is -2.33. The molecule has 1 aliphatic heterocycles. The molecule has 2 N–H and O–H groups in total. The maximum atomic E-state index is 13.6. The summed E-state index contributed by atoms with van der Waals surface area (Å²) in [6, 6.07) is 7.19. The molecule has 0 fully saturated rings. The van der Waals surface area contributed by atoms with Gasteiger partial charge in [-0.15, -0.1) is 0 Å². The summed E-state index contributed by atoms with van der Waals surface area (Å²) in [5.41, 5.74) is 1.26. The molecule has 0 aliphatic carbocycles. The molecular weight excluding hydrogens is 416 g/mol. The van der Waals surface area contributed by atoms with Crippen LogP contribution < -0.4 is 14.9 Å². The van der Waals surface area contributed by atoms with Gasteiger partial charge in [-0.2, -0.15) is 0 Å². The average Bonchev–Trinajstić information content (AvgIpc) is 2.99. The Morgan fingerprint density at radius 1 is 1.17 bits per heavy atom. The first-order valence-corrected chi connectivity index (χ1v) is 10.7. The fraction of sp³-hybridized carbons (Fsp3) is 0.300. The summed E-state index contributed by atoms with van der Waals surface area (Å²) in [6.45, 7) is 3.14. The maximum absolute atomic E-state index is 13.6. The van der Waals surface area contributed by atoms with E-state index in [1.807, 2.05) is 6.92 Å². The Hall–Kier alpha value is -2.85. The zero-order chi connectivity index (χ0) is 22.1. The lowest BCUT2D eigenvalue weighted by molar-refractivity contribution is -0.117. The molecule has 2 amide bonds. The summed E-state index contributed by atoms with van der Waals surface area (Å²) in [6.07, 6.45) is 0.306. The Bertz CT molecular complexity index is 1110. The molecule has 0 unspecified atom stereocenters. The van der Waals surface area contributed by atoms with Crippen molar-refractivity contribution in [2.45, 2.75) is 37.6 Å². The van der Waals surface area contributed by atoms with Crippen LogP contribution in [0.25, 0.3) is 0 Å². The van der Waals surface area contributed by atoms with Crippen molar-refractivity contribution in [3.05, 3.63) is 53.6 Å². The quantitative estimate of drug-likeness (QED) is 0.726. The van der Waals surface area contributed by atoms with Crippen molar-refractivity contribution in [1.82, 2.24) is 4.72 Å². The topological polar surface area (TPSA) is 95.6 Å². The number of anilines is 2. The first-order valence-electron chi connectivity index (χ1n) is 9.26. The second-order valence-electron chi connectivity index (χ2n) is 7.05. The van der Waals surface area contributed by atoms with Gasteiger partial charge < -0.3 is 10.2 Å². The van der Waals surface area contributed by atoms with E-state index in [2.05, 4.69) is 10.0 Å². The number of hydrogen-bond acceptors (Lipinski definition) is 4. The highest BCUT2D eigenvalue weighted by Crippen LogP contribution is 2.33. The molecule has 2 aromatic rings. The van der Waals surface area contributed by atoms with Crippen LogP contribution in [0.5, 0.6) is 0 Å². The monoisotopic (exact) mass is 437 g/mol. The summed E-state index contributed by atoms with van der Waals surface area (Å²) < 4.78 is 53.9. The van der Waals surface area contributed by atoms with Gasteiger partial charge in [0.2, 0.25) is 21.8 Å². The van der Waals surface area contributed by atoms with Crippen LogP contribution in [0.2, 0.25) is 0 Å². The summed E-state index contributed by atoms with van der Waals surface area (Å²) in [5.74, 6) is -2.43. The molecule has 0 spiro atoms. The molecule has 0 saturated carbocycles. The minimum atomic E-state index is -3.88. The van der Waals surface area contributed by atoms with Gasteiger partial charge in [-0.1, -0.05) is 0 Å². The number of halogens is 2. The van der Waals surface area contributed by atoms with Crippen molar-refractivity contribution in [3.8, 4) is 0 Å². The van der Waals surface area contributed by atoms with E-state index in [0.29, 0.717) is 18.2 Å². The molecule has 30 heavy (non-hydrogen) atoms. The van der Waals surface area contributed by atoms with Gasteiger partial charge >= 0.3 is 0 Å². The number of rotatable bonds is 6. The van der Waals surface area contributed by atoms with Crippen LogP contribution in [0.3, 0.4) is 0 Å². The van der Waals surface area contributed by atoms with Gasteiger partial charge in [0.25, 0.3) is 0 Å². The number of nitrogens with zero attached hydrogens (tertiary/aromatic N) is 1. The molecule has 10 heteroatoms. The number of amides is 2. The second kappa shape index (κ2) is 8.49. The summed E-state index contributed by atoms with van der Waals surface area (Å²) in [5, 5.41) is 2.26. The minimum Gasteiger partial charge on any atom is -0.324 e. The van der Waals surface area contributed by atoms with E-state index >= 15 is 0 Å². The van der Waals surface area contributed by atoms with Crippen molar-refractivity contribution in [1.29, 1.82) is 0 Å². The highest BCUT2D eigenvalue weighted by atomic mass is 32.2. The van der Waals surface area contributed by atoms with Gasteiger partial charge in [0.05, 0.1) is 10.6 Å². The third-order valence-electron chi connectivity index (χ3n) is 4.77. The predicted molar refractivity (Wildman–Crippen MR) is 108 cm³/mol. The molecule has 3 rings (SSSR count). The number of sulfonamides is 1. The number of nitrogens with one attached hydrogen (secondary N) is 2. The fourth-order valence-corrected chi connectivity index (χ4v) is 4.52. The molecule has 1 aliphatic rings. The van der Waals surface area contributed by atoms with E-state index in [0.717, 1.165) is 17.7 Å². The molecular formula is C20H21F2N3O4S. The minimum absolute atomic E-state index is 0.0313. The normalized spacial score (nSPS) is 15.7. The highest BCUT2D eigenvalue weighted by Gasteiger charge is 2.30.